The smallest absolute Gasteiger partial charge is 0.339 e. The Labute approximate surface area is 92.3 Å². The van der Waals surface area contributed by atoms with E-state index in [2.05, 4.69) is 11.3 Å². The number of allylic oxidation sites excluding steroid dienone is 1. The monoisotopic (exact) mass is 224 g/mol. The number of ether oxygens (including phenoxy) is 1. The van der Waals surface area contributed by atoms with Gasteiger partial charge in [-0.05, 0) is 18.2 Å². The van der Waals surface area contributed by atoms with Crippen molar-refractivity contribution in [2.75, 3.05) is 7.11 Å². The summed E-state index contributed by atoms with van der Waals surface area (Å²) in [4.78, 5) is 22.4. The van der Waals surface area contributed by atoms with Gasteiger partial charge in [0.25, 0.3) is 0 Å². The molecule has 0 fully saturated rings. The quantitative estimate of drug-likeness (QED) is 0.450. The Morgan fingerprint density at radius 3 is 2.60 bits per heavy atom. The van der Waals surface area contributed by atoms with E-state index in [4.69, 9.17) is 11.6 Å². The van der Waals surface area contributed by atoms with Gasteiger partial charge in [0, 0.05) is 5.56 Å². The topological polar surface area (TPSA) is 43.4 Å². The molecule has 0 aliphatic rings. The predicted octanol–water partition coefficient (Wildman–Crippen LogP) is 2.50. The third-order valence-electron chi connectivity index (χ3n) is 1.84. The fraction of sp³-hybridized carbons (Fsp3) is 0.0909. The molecule has 0 spiro atoms. The van der Waals surface area contributed by atoms with Gasteiger partial charge < -0.3 is 4.74 Å². The molecule has 0 N–H and O–H groups in total. The molecule has 3 nitrogen and oxygen atoms in total. The predicted molar refractivity (Wildman–Crippen MR) is 57.3 cm³/mol. The lowest BCUT2D eigenvalue weighted by Crippen LogP contribution is -2.03. The van der Waals surface area contributed by atoms with Crippen LogP contribution in [0.1, 0.15) is 20.7 Å². The summed E-state index contributed by atoms with van der Waals surface area (Å²) in [5.74, 6) is -0.772. The summed E-state index contributed by atoms with van der Waals surface area (Å²) in [5.41, 5.74) is 0.627. The number of carbonyl (C=O) groups is 2. The van der Waals surface area contributed by atoms with Crippen molar-refractivity contribution in [2.24, 2.45) is 0 Å². The molecule has 78 valence electrons. The standard InChI is InChI=1S/C11H9ClO3/c1-3-10(13)7-4-5-8(9(12)6-7)11(14)15-2/h3-6H,1H2,2H3. The Morgan fingerprint density at radius 1 is 1.47 bits per heavy atom. The minimum absolute atomic E-state index is 0.189. The zero-order valence-corrected chi connectivity index (χ0v) is 8.88. The SMILES string of the molecule is C=CC(=O)c1ccc(C(=O)OC)c(Cl)c1. The van der Waals surface area contributed by atoms with Crippen molar-refractivity contribution in [1.29, 1.82) is 0 Å². The van der Waals surface area contributed by atoms with Gasteiger partial charge in [0.05, 0.1) is 17.7 Å². The highest BCUT2D eigenvalue weighted by Crippen LogP contribution is 2.19. The second-order valence-corrected chi connectivity index (χ2v) is 3.16. The van der Waals surface area contributed by atoms with Gasteiger partial charge in [0.2, 0.25) is 0 Å². The Hall–Kier alpha value is -1.61. The zero-order chi connectivity index (χ0) is 11.4. The average Bonchev–Trinajstić information content (AvgIpc) is 2.26. The zero-order valence-electron chi connectivity index (χ0n) is 8.12. The first-order chi connectivity index (χ1) is 7.10. The van der Waals surface area contributed by atoms with Crippen LogP contribution in [0.15, 0.2) is 30.9 Å². The molecule has 4 heteroatoms. The second-order valence-electron chi connectivity index (χ2n) is 2.75. The van der Waals surface area contributed by atoms with E-state index in [0.29, 0.717) is 5.56 Å². The average molecular weight is 225 g/mol. The van der Waals surface area contributed by atoms with Crippen LogP contribution in [0.2, 0.25) is 5.02 Å². The molecule has 0 aliphatic heterocycles. The molecule has 1 rings (SSSR count). The van der Waals surface area contributed by atoms with Gasteiger partial charge in [0.1, 0.15) is 0 Å². The van der Waals surface area contributed by atoms with Crippen molar-refractivity contribution in [1.82, 2.24) is 0 Å². The third-order valence-corrected chi connectivity index (χ3v) is 2.16. The van der Waals surface area contributed by atoms with E-state index in [-0.39, 0.29) is 16.4 Å². The molecule has 0 saturated carbocycles. The highest BCUT2D eigenvalue weighted by atomic mass is 35.5. The van der Waals surface area contributed by atoms with Crippen molar-refractivity contribution in [2.45, 2.75) is 0 Å². The van der Waals surface area contributed by atoms with E-state index < -0.39 is 5.97 Å². The van der Waals surface area contributed by atoms with Crippen LogP contribution in [0.25, 0.3) is 0 Å². The van der Waals surface area contributed by atoms with Crippen LogP contribution >= 0.6 is 11.6 Å². The number of esters is 1. The summed E-state index contributed by atoms with van der Waals surface area (Å²) in [7, 11) is 1.27. The normalized spacial score (nSPS) is 9.47. The molecule has 0 saturated heterocycles. The van der Waals surface area contributed by atoms with Crippen molar-refractivity contribution < 1.29 is 14.3 Å². The molecule has 0 radical (unpaired) electrons. The summed E-state index contributed by atoms with van der Waals surface area (Å²) in [6.07, 6.45) is 1.18. The number of carbonyl (C=O) groups excluding carboxylic acids is 2. The number of rotatable bonds is 3. The Kier molecular flexibility index (Phi) is 3.63. The lowest BCUT2D eigenvalue weighted by atomic mass is 10.1. The summed E-state index contributed by atoms with van der Waals surface area (Å²) in [6.45, 7) is 3.36. The lowest BCUT2D eigenvalue weighted by Gasteiger charge is -2.03. The van der Waals surface area contributed by atoms with Crippen molar-refractivity contribution in [3.63, 3.8) is 0 Å². The third kappa shape index (κ3) is 2.44. The molecule has 0 aliphatic carbocycles. The van der Waals surface area contributed by atoms with Crippen molar-refractivity contribution in [3.05, 3.63) is 47.0 Å². The summed E-state index contributed by atoms with van der Waals surface area (Å²) in [5, 5.41) is 0.189. The molecule has 0 amide bonds. The van der Waals surface area contributed by atoms with E-state index in [1.54, 1.807) is 0 Å². The van der Waals surface area contributed by atoms with E-state index in [0.717, 1.165) is 0 Å². The van der Waals surface area contributed by atoms with Crippen LogP contribution in [0.5, 0.6) is 0 Å². The van der Waals surface area contributed by atoms with Crippen LogP contribution in [0, 0.1) is 0 Å². The van der Waals surface area contributed by atoms with E-state index >= 15 is 0 Å². The maximum Gasteiger partial charge on any atom is 0.339 e. The number of hydrogen-bond acceptors (Lipinski definition) is 3. The van der Waals surface area contributed by atoms with Crippen molar-refractivity contribution >= 4 is 23.4 Å². The molecule has 0 unspecified atom stereocenters. The minimum Gasteiger partial charge on any atom is -0.465 e. The summed E-state index contributed by atoms with van der Waals surface area (Å²) in [6, 6.07) is 4.37. The van der Waals surface area contributed by atoms with Gasteiger partial charge in [-0.1, -0.05) is 24.2 Å². The van der Waals surface area contributed by atoms with Gasteiger partial charge in [0.15, 0.2) is 5.78 Å². The number of methoxy groups -OCH3 is 1. The number of hydrogen-bond donors (Lipinski definition) is 0. The fourth-order valence-electron chi connectivity index (χ4n) is 1.06. The molecule has 0 aromatic heterocycles. The molecule has 15 heavy (non-hydrogen) atoms. The second kappa shape index (κ2) is 4.75. The van der Waals surface area contributed by atoms with Crippen LogP contribution in [0.3, 0.4) is 0 Å². The van der Waals surface area contributed by atoms with Crippen molar-refractivity contribution in [3.8, 4) is 0 Å². The van der Waals surface area contributed by atoms with Gasteiger partial charge in [-0.15, -0.1) is 0 Å². The Bertz CT molecular complexity index is 424. The highest BCUT2D eigenvalue weighted by molar-refractivity contribution is 6.34. The summed E-state index contributed by atoms with van der Waals surface area (Å²) < 4.78 is 4.52. The molecular formula is C11H9ClO3. The molecular weight excluding hydrogens is 216 g/mol. The fourth-order valence-corrected chi connectivity index (χ4v) is 1.32. The maximum absolute atomic E-state index is 11.2. The first-order valence-corrected chi connectivity index (χ1v) is 4.52. The molecule has 0 atom stereocenters. The van der Waals surface area contributed by atoms with Crippen LogP contribution in [0.4, 0.5) is 0 Å². The van der Waals surface area contributed by atoms with Crippen LogP contribution < -0.4 is 0 Å². The van der Waals surface area contributed by atoms with Crippen LogP contribution in [-0.2, 0) is 4.74 Å². The van der Waals surface area contributed by atoms with Gasteiger partial charge >= 0.3 is 5.97 Å². The van der Waals surface area contributed by atoms with Gasteiger partial charge in [-0.25, -0.2) is 4.79 Å². The van der Waals surface area contributed by atoms with E-state index in [1.807, 2.05) is 0 Å². The highest BCUT2D eigenvalue weighted by Gasteiger charge is 2.12. The summed E-state index contributed by atoms with van der Waals surface area (Å²) >= 11 is 5.82. The number of benzene rings is 1. The molecule has 0 heterocycles. The maximum atomic E-state index is 11.2. The number of halogens is 1. The Morgan fingerprint density at radius 2 is 2.13 bits per heavy atom. The Balaban J connectivity index is 3.13. The lowest BCUT2D eigenvalue weighted by molar-refractivity contribution is 0.0600. The first kappa shape index (κ1) is 11.5. The molecule has 1 aromatic rings. The largest absolute Gasteiger partial charge is 0.465 e. The van der Waals surface area contributed by atoms with Gasteiger partial charge in [-0.2, -0.15) is 0 Å². The van der Waals surface area contributed by atoms with Gasteiger partial charge in [-0.3, -0.25) is 4.79 Å². The molecule has 0 bridgehead atoms. The number of ketones is 1. The first-order valence-electron chi connectivity index (χ1n) is 4.14. The van der Waals surface area contributed by atoms with E-state index in [1.165, 1.54) is 31.4 Å². The van der Waals surface area contributed by atoms with E-state index in [9.17, 15) is 9.59 Å². The van der Waals surface area contributed by atoms with Crippen LogP contribution in [-0.4, -0.2) is 18.9 Å². The minimum atomic E-state index is -0.530. The molecule has 1 aromatic carbocycles.